The molecule has 1 unspecified atom stereocenters. The van der Waals surface area contributed by atoms with Gasteiger partial charge < -0.3 is 15.2 Å². The Morgan fingerprint density at radius 2 is 1.97 bits per heavy atom. The van der Waals surface area contributed by atoms with Crippen molar-refractivity contribution in [1.82, 2.24) is 25.1 Å². The van der Waals surface area contributed by atoms with Crippen molar-refractivity contribution < 1.29 is 9.59 Å². The lowest BCUT2D eigenvalue weighted by atomic mass is 9.93. The fourth-order valence-electron chi connectivity index (χ4n) is 4.44. The summed E-state index contributed by atoms with van der Waals surface area (Å²) >= 11 is 0. The van der Waals surface area contributed by atoms with Crippen LogP contribution in [-0.2, 0) is 11.3 Å². The molecule has 2 aromatic rings. The number of hydrogen-bond acceptors (Lipinski definition) is 4. The van der Waals surface area contributed by atoms with Crippen molar-refractivity contribution in [1.29, 1.82) is 0 Å². The van der Waals surface area contributed by atoms with Crippen molar-refractivity contribution >= 4 is 11.8 Å². The highest BCUT2D eigenvalue weighted by Crippen LogP contribution is 2.24. The minimum absolute atomic E-state index is 0.0334. The first kappa shape index (κ1) is 19.6. The molecule has 2 aliphatic rings. The minimum atomic E-state index is 0.0334. The quantitative estimate of drug-likeness (QED) is 0.812. The standard InChI is InChI=1S/C22H29N5O2/c28-21(25-15-18-6-1-2-10-23-18)17-5-4-12-27(16-17)19-8-13-26(14-9-19)22(29)20-7-3-11-24-20/h1-3,6-7,10-11,17,19,24H,4-5,8-9,12-16H2,(H,25,28). The van der Waals surface area contributed by atoms with E-state index in [4.69, 9.17) is 0 Å². The number of aromatic nitrogens is 2. The molecular weight excluding hydrogens is 366 g/mol. The first-order valence-corrected chi connectivity index (χ1v) is 10.5. The Kier molecular flexibility index (Phi) is 6.24. The highest BCUT2D eigenvalue weighted by molar-refractivity contribution is 5.92. The van der Waals surface area contributed by atoms with E-state index in [1.807, 2.05) is 35.2 Å². The van der Waals surface area contributed by atoms with E-state index in [9.17, 15) is 9.59 Å². The SMILES string of the molecule is O=C(NCc1ccccn1)C1CCCN(C2CCN(C(=O)c3ccc[nH]3)CC2)C1. The van der Waals surface area contributed by atoms with Crippen LogP contribution in [0.25, 0.3) is 0 Å². The zero-order chi connectivity index (χ0) is 20.1. The van der Waals surface area contributed by atoms with Crippen molar-refractivity contribution in [3.8, 4) is 0 Å². The molecule has 154 valence electrons. The first-order valence-electron chi connectivity index (χ1n) is 10.5. The van der Waals surface area contributed by atoms with E-state index in [1.165, 1.54) is 0 Å². The summed E-state index contributed by atoms with van der Waals surface area (Å²) in [7, 11) is 0. The summed E-state index contributed by atoms with van der Waals surface area (Å²) in [4.78, 5) is 36.8. The molecule has 1 atom stereocenters. The van der Waals surface area contributed by atoms with Gasteiger partial charge >= 0.3 is 0 Å². The largest absolute Gasteiger partial charge is 0.357 e. The molecule has 0 aliphatic carbocycles. The molecule has 0 bridgehead atoms. The second-order valence-corrected chi connectivity index (χ2v) is 7.98. The van der Waals surface area contributed by atoms with Crippen molar-refractivity contribution in [2.24, 2.45) is 5.92 Å². The summed E-state index contributed by atoms with van der Waals surface area (Å²) in [5.74, 6) is 0.240. The molecule has 7 heteroatoms. The molecule has 0 saturated carbocycles. The average molecular weight is 396 g/mol. The van der Waals surface area contributed by atoms with E-state index in [0.29, 0.717) is 18.3 Å². The van der Waals surface area contributed by atoms with Crippen LogP contribution in [0.2, 0.25) is 0 Å². The second-order valence-electron chi connectivity index (χ2n) is 7.98. The molecule has 2 amide bonds. The average Bonchev–Trinajstić information content (AvgIpc) is 3.33. The van der Waals surface area contributed by atoms with E-state index in [0.717, 1.165) is 57.6 Å². The molecule has 7 nitrogen and oxygen atoms in total. The van der Waals surface area contributed by atoms with E-state index in [-0.39, 0.29) is 17.7 Å². The summed E-state index contributed by atoms with van der Waals surface area (Å²) in [5, 5.41) is 3.05. The maximum Gasteiger partial charge on any atom is 0.270 e. The maximum absolute atomic E-state index is 12.7. The fourth-order valence-corrected chi connectivity index (χ4v) is 4.44. The van der Waals surface area contributed by atoms with Crippen LogP contribution >= 0.6 is 0 Å². The van der Waals surface area contributed by atoms with Gasteiger partial charge in [0.15, 0.2) is 0 Å². The van der Waals surface area contributed by atoms with Crippen LogP contribution in [-0.4, -0.2) is 63.8 Å². The zero-order valence-corrected chi connectivity index (χ0v) is 16.7. The van der Waals surface area contributed by atoms with Crippen LogP contribution < -0.4 is 5.32 Å². The number of rotatable bonds is 5. The Morgan fingerprint density at radius 1 is 1.10 bits per heavy atom. The Bertz CT molecular complexity index is 800. The van der Waals surface area contributed by atoms with Gasteiger partial charge in [0.1, 0.15) is 5.69 Å². The lowest BCUT2D eigenvalue weighted by Crippen LogP contribution is -2.51. The third kappa shape index (κ3) is 4.85. The maximum atomic E-state index is 12.7. The van der Waals surface area contributed by atoms with E-state index in [2.05, 4.69) is 20.2 Å². The number of nitrogens with one attached hydrogen (secondary N) is 2. The Balaban J connectivity index is 1.25. The number of piperidine rings is 2. The van der Waals surface area contributed by atoms with Gasteiger partial charge in [-0.2, -0.15) is 0 Å². The first-order chi connectivity index (χ1) is 14.2. The fraction of sp³-hybridized carbons (Fsp3) is 0.500. The van der Waals surface area contributed by atoms with Gasteiger partial charge in [0.25, 0.3) is 5.91 Å². The van der Waals surface area contributed by atoms with Gasteiger partial charge in [-0.1, -0.05) is 6.07 Å². The molecule has 2 N–H and O–H groups in total. The van der Waals surface area contributed by atoms with Gasteiger partial charge in [0.05, 0.1) is 18.2 Å². The number of hydrogen-bond donors (Lipinski definition) is 2. The van der Waals surface area contributed by atoms with Gasteiger partial charge in [-0.15, -0.1) is 0 Å². The number of nitrogens with zero attached hydrogens (tertiary/aromatic N) is 3. The number of carbonyl (C=O) groups is 2. The topological polar surface area (TPSA) is 81.3 Å². The summed E-state index contributed by atoms with van der Waals surface area (Å²) in [6.45, 7) is 3.88. The molecule has 4 heterocycles. The Morgan fingerprint density at radius 3 is 2.69 bits per heavy atom. The number of likely N-dealkylation sites (tertiary alicyclic amines) is 2. The molecule has 4 rings (SSSR count). The van der Waals surface area contributed by atoms with Crippen molar-refractivity contribution in [3.63, 3.8) is 0 Å². The summed E-state index contributed by atoms with van der Waals surface area (Å²) < 4.78 is 0. The van der Waals surface area contributed by atoms with Gasteiger partial charge in [0.2, 0.25) is 5.91 Å². The molecule has 0 spiro atoms. The van der Waals surface area contributed by atoms with E-state index >= 15 is 0 Å². The third-order valence-corrected chi connectivity index (χ3v) is 6.09. The highest BCUT2D eigenvalue weighted by atomic mass is 16.2. The van der Waals surface area contributed by atoms with Crippen molar-refractivity contribution in [2.75, 3.05) is 26.2 Å². The summed E-state index contributed by atoms with van der Waals surface area (Å²) in [6, 6.07) is 9.87. The molecule has 2 saturated heterocycles. The van der Waals surface area contributed by atoms with Gasteiger partial charge in [0, 0.05) is 38.1 Å². The molecular formula is C22H29N5O2. The predicted molar refractivity (Wildman–Crippen MR) is 110 cm³/mol. The molecule has 0 aromatic carbocycles. The molecule has 2 fully saturated rings. The zero-order valence-electron chi connectivity index (χ0n) is 16.7. The van der Waals surface area contributed by atoms with Gasteiger partial charge in [-0.05, 0) is 56.5 Å². The number of aromatic amines is 1. The van der Waals surface area contributed by atoms with Crippen LogP contribution in [0, 0.1) is 5.92 Å². The monoisotopic (exact) mass is 395 g/mol. The molecule has 29 heavy (non-hydrogen) atoms. The normalized spacial score (nSPS) is 21.1. The summed E-state index contributed by atoms with van der Waals surface area (Å²) in [5.41, 5.74) is 1.54. The van der Waals surface area contributed by atoms with Crippen LogP contribution in [0.3, 0.4) is 0 Å². The minimum Gasteiger partial charge on any atom is -0.357 e. The number of H-pyrrole nitrogens is 1. The molecule has 2 aromatic heterocycles. The molecule has 2 aliphatic heterocycles. The van der Waals surface area contributed by atoms with Crippen LogP contribution in [0.15, 0.2) is 42.7 Å². The van der Waals surface area contributed by atoms with Gasteiger partial charge in [-0.3, -0.25) is 19.5 Å². The van der Waals surface area contributed by atoms with E-state index in [1.54, 1.807) is 12.4 Å². The molecule has 0 radical (unpaired) electrons. The number of amides is 2. The van der Waals surface area contributed by atoms with Crippen molar-refractivity contribution in [2.45, 2.75) is 38.3 Å². The smallest absolute Gasteiger partial charge is 0.270 e. The Labute approximate surface area is 171 Å². The predicted octanol–water partition coefficient (Wildman–Crippen LogP) is 2.04. The van der Waals surface area contributed by atoms with E-state index < -0.39 is 0 Å². The second kappa shape index (κ2) is 9.22. The highest BCUT2D eigenvalue weighted by Gasteiger charge is 2.32. The van der Waals surface area contributed by atoms with Crippen LogP contribution in [0.1, 0.15) is 41.9 Å². The van der Waals surface area contributed by atoms with Gasteiger partial charge in [-0.25, -0.2) is 0 Å². The lowest BCUT2D eigenvalue weighted by Gasteiger charge is -2.42. The van der Waals surface area contributed by atoms with Crippen molar-refractivity contribution in [3.05, 3.63) is 54.1 Å². The number of pyridine rings is 1. The lowest BCUT2D eigenvalue weighted by molar-refractivity contribution is -0.127. The summed E-state index contributed by atoms with van der Waals surface area (Å²) in [6.07, 6.45) is 7.45. The van der Waals surface area contributed by atoms with Crippen LogP contribution in [0.4, 0.5) is 0 Å². The third-order valence-electron chi connectivity index (χ3n) is 6.09. The Hall–Kier alpha value is -2.67. The van der Waals surface area contributed by atoms with Crippen LogP contribution in [0.5, 0.6) is 0 Å². The number of carbonyl (C=O) groups excluding carboxylic acids is 2.